The molecule has 1 aromatic carbocycles. The van der Waals surface area contributed by atoms with Crippen molar-refractivity contribution in [1.29, 1.82) is 0 Å². The molecule has 1 fully saturated rings. The normalized spacial score (nSPS) is 29.9. The molecule has 2 rings (SSSR count). The van der Waals surface area contributed by atoms with Gasteiger partial charge in [0.2, 0.25) is 0 Å². The Morgan fingerprint density at radius 1 is 1.50 bits per heavy atom. The first kappa shape index (κ1) is 9.47. The van der Waals surface area contributed by atoms with Crippen molar-refractivity contribution >= 4 is 0 Å². The van der Waals surface area contributed by atoms with E-state index in [1.165, 1.54) is 5.56 Å². The zero-order valence-electron chi connectivity index (χ0n) is 8.57. The summed E-state index contributed by atoms with van der Waals surface area (Å²) in [7, 11) is 0. The lowest BCUT2D eigenvalue weighted by Crippen LogP contribution is -2.11. The lowest BCUT2D eigenvalue weighted by atomic mass is 10.1. The minimum absolute atomic E-state index is 0.0511. The monoisotopic (exact) mass is 188 g/mol. The number of benzene rings is 1. The summed E-state index contributed by atoms with van der Waals surface area (Å²) in [5.41, 5.74) is 1.44. The van der Waals surface area contributed by atoms with Crippen molar-refractivity contribution in [2.24, 2.45) is 0 Å². The quantitative estimate of drug-likeness (QED) is 0.659. The molecule has 14 heavy (non-hydrogen) atoms. The minimum Gasteiger partial charge on any atom is -0.371 e. The highest BCUT2D eigenvalue weighted by atomic mass is 16.5. The molecule has 0 saturated heterocycles. The standard InChI is InChI=1S/C13H16O/c1-3-9-14-13(2)10-12(13)11-7-5-4-6-8-11/h3-8,12H,1,9-10H2,2H3/t12-,13+/m1/s1. The molecule has 1 aliphatic rings. The van der Waals surface area contributed by atoms with Crippen molar-refractivity contribution < 1.29 is 4.74 Å². The third-order valence-corrected chi connectivity index (χ3v) is 2.92. The average Bonchev–Trinajstić information content (AvgIpc) is 2.90. The van der Waals surface area contributed by atoms with Gasteiger partial charge in [-0.25, -0.2) is 0 Å². The molecular formula is C13H16O. The summed E-state index contributed by atoms with van der Waals surface area (Å²) in [6.07, 6.45) is 2.94. The SMILES string of the molecule is C=CCO[C@@]1(C)C[C@@H]1c1ccccc1. The van der Waals surface area contributed by atoms with Crippen LogP contribution in [0.4, 0.5) is 0 Å². The maximum Gasteiger partial charge on any atom is 0.0734 e. The van der Waals surface area contributed by atoms with Crippen LogP contribution < -0.4 is 0 Å². The third kappa shape index (κ3) is 1.73. The van der Waals surface area contributed by atoms with Crippen molar-refractivity contribution in [2.75, 3.05) is 6.61 Å². The summed E-state index contributed by atoms with van der Waals surface area (Å²) in [5.74, 6) is 0.573. The Kier molecular flexibility index (Phi) is 2.42. The Balaban J connectivity index is 2.01. The van der Waals surface area contributed by atoms with Crippen molar-refractivity contribution in [1.82, 2.24) is 0 Å². The fourth-order valence-corrected chi connectivity index (χ4v) is 1.91. The number of rotatable bonds is 4. The molecule has 0 aliphatic heterocycles. The molecule has 0 heterocycles. The predicted molar refractivity (Wildman–Crippen MR) is 58.4 cm³/mol. The van der Waals surface area contributed by atoms with E-state index in [9.17, 15) is 0 Å². The summed E-state index contributed by atoms with van der Waals surface area (Å²) in [6, 6.07) is 10.6. The minimum atomic E-state index is 0.0511. The molecule has 1 aliphatic carbocycles. The van der Waals surface area contributed by atoms with Crippen LogP contribution in [0.3, 0.4) is 0 Å². The number of ether oxygens (including phenoxy) is 1. The van der Waals surface area contributed by atoms with Crippen LogP contribution in [0.5, 0.6) is 0 Å². The van der Waals surface area contributed by atoms with Gasteiger partial charge in [-0.05, 0) is 18.9 Å². The maximum absolute atomic E-state index is 5.74. The zero-order chi connectivity index (χ0) is 10.0. The Labute approximate surface area is 85.4 Å². The van der Waals surface area contributed by atoms with Crippen LogP contribution >= 0.6 is 0 Å². The summed E-state index contributed by atoms with van der Waals surface area (Å²) >= 11 is 0. The van der Waals surface area contributed by atoms with Crippen LogP contribution in [-0.2, 0) is 4.74 Å². The maximum atomic E-state index is 5.74. The number of hydrogen-bond acceptors (Lipinski definition) is 1. The van der Waals surface area contributed by atoms with Crippen molar-refractivity contribution in [3.05, 3.63) is 48.6 Å². The molecule has 1 heteroatoms. The second kappa shape index (κ2) is 3.58. The van der Waals surface area contributed by atoms with E-state index >= 15 is 0 Å². The van der Waals surface area contributed by atoms with Gasteiger partial charge in [-0.3, -0.25) is 0 Å². The highest BCUT2D eigenvalue weighted by Gasteiger charge is 2.51. The lowest BCUT2D eigenvalue weighted by Gasteiger charge is -2.11. The topological polar surface area (TPSA) is 9.23 Å². The van der Waals surface area contributed by atoms with Gasteiger partial charge in [0, 0.05) is 5.92 Å². The van der Waals surface area contributed by atoms with Crippen LogP contribution in [0.15, 0.2) is 43.0 Å². The molecule has 1 saturated carbocycles. The first-order valence-corrected chi connectivity index (χ1v) is 5.06. The van der Waals surface area contributed by atoms with Crippen LogP contribution in [0.2, 0.25) is 0 Å². The van der Waals surface area contributed by atoms with E-state index in [0.717, 1.165) is 6.42 Å². The smallest absolute Gasteiger partial charge is 0.0734 e. The highest BCUT2D eigenvalue weighted by Crippen LogP contribution is 2.53. The van der Waals surface area contributed by atoms with Gasteiger partial charge in [-0.15, -0.1) is 6.58 Å². The summed E-state index contributed by atoms with van der Waals surface area (Å²) < 4.78 is 5.74. The van der Waals surface area contributed by atoms with E-state index in [2.05, 4.69) is 37.8 Å². The molecule has 1 nitrogen and oxygen atoms in total. The van der Waals surface area contributed by atoms with Gasteiger partial charge in [0.25, 0.3) is 0 Å². The van der Waals surface area contributed by atoms with Gasteiger partial charge in [0.05, 0.1) is 12.2 Å². The van der Waals surface area contributed by atoms with Crippen LogP contribution in [0.25, 0.3) is 0 Å². The Morgan fingerprint density at radius 2 is 2.21 bits per heavy atom. The molecule has 0 N–H and O–H groups in total. The molecule has 0 radical (unpaired) electrons. The second-order valence-electron chi connectivity index (χ2n) is 4.08. The van der Waals surface area contributed by atoms with E-state index in [1.807, 2.05) is 12.1 Å². The van der Waals surface area contributed by atoms with Crippen molar-refractivity contribution in [3.8, 4) is 0 Å². The van der Waals surface area contributed by atoms with E-state index in [0.29, 0.717) is 12.5 Å². The third-order valence-electron chi connectivity index (χ3n) is 2.92. The molecule has 0 bridgehead atoms. The Morgan fingerprint density at radius 3 is 2.86 bits per heavy atom. The number of hydrogen-bond donors (Lipinski definition) is 0. The highest BCUT2D eigenvalue weighted by molar-refractivity contribution is 5.30. The average molecular weight is 188 g/mol. The van der Waals surface area contributed by atoms with Crippen molar-refractivity contribution in [2.45, 2.75) is 24.9 Å². The lowest BCUT2D eigenvalue weighted by molar-refractivity contribution is 0.0627. The summed E-state index contributed by atoms with van der Waals surface area (Å²) in [4.78, 5) is 0. The fraction of sp³-hybridized carbons (Fsp3) is 0.385. The molecule has 0 unspecified atom stereocenters. The van der Waals surface area contributed by atoms with E-state index in [1.54, 1.807) is 0 Å². The first-order chi connectivity index (χ1) is 6.76. The molecular weight excluding hydrogens is 172 g/mol. The van der Waals surface area contributed by atoms with Gasteiger partial charge in [-0.2, -0.15) is 0 Å². The fourth-order valence-electron chi connectivity index (χ4n) is 1.91. The van der Waals surface area contributed by atoms with Crippen molar-refractivity contribution in [3.63, 3.8) is 0 Å². The molecule has 0 spiro atoms. The summed E-state index contributed by atoms with van der Waals surface area (Å²) in [6.45, 7) is 6.49. The van der Waals surface area contributed by atoms with E-state index in [-0.39, 0.29) is 5.60 Å². The van der Waals surface area contributed by atoms with E-state index in [4.69, 9.17) is 4.74 Å². The Bertz CT molecular complexity index is 317. The van der Waals surface area contributed by atoms with Crippen LogP contribution in [0.1, 0.15) is 24.8 Å². The first-order valence-electron chi connectivity index (χ1n) is 5.06. The van der Waals surface area contributed by atoms with Gasteiger partial charge in [0.15, 0.2) is 0 Å². The van der Waals surface area contributed by atoms with Crippen LogP contribution in [0, 0.1) is 0 Å². The zero-order valence-corrected chi connectivity index (χ0v) is 8.57. The molecule has 74 valence electrons. The van der Waals surface area contributed by atoms with Gasteiger partial charge >= 0.3 is 0 Å². The molecule has 2 atom stereocenters. The Hall–Kier alpha value is -1.08. The van der Waals surface area contributed by atoms with E-state index < -0.39 is 0 Å². The summed E-state index contributed by atoms with van der Waals surface area (Å²) in [5, 5.41) is 0. The van der Waals surface area contributed by atoms with Gasteiger partial charge in [-0.1, -0.05) is 36.4 Å². The van der Waals surface area contributed by atoms with Crippen LogP contribution in [-0.4, -0.2) is 12.2 Å². The predicted octanol–water partition coefficient (Wildman–Crippen LogP) is 3.14. The van der Waals surface area contributed by atoms with Gasteiger partial charge in [0.1, 0.15) is 0 Å². The largest absolute Gasteiger partial charge is 0.371 e. The molecule has 1 aromatic rings. The van der Waals surface area contributed by atoms with Gasteiger partial charge < -0.3 is 4.74 Å². The second-order valence-corrected chi connectivity index (χ2v) is 4.08. The molecule has 0 amide bonds. The molecule has 0 aromatic heterocycles.